The van der Waals surface area contributed by atoms with Crippen LogP contribution in [-0.4, -0.2) is 31.1 Å². The van der Waals surface area contributed by atoms with Gasteiger partial charge in [-0.3, -0.25) is 4.79 Å². The normalized spacial score (nSPS) is 32.4. The summed E-state index contributed by atoms with van der Waals surface area (Å²) in [5.74, 6) is 0.278. The quantitative estimate of drug-likeness (QED) is 0.903. The SMILES string of the molecule is O=C(NS(=O)(=O)c1ccc(-n2cccc2)cc1)[C@@H]1C[C@@H]2O[C@H]1[C@H]1C[C@H]12. The number of amides is 1. The maximum Gasteiger partial charge on any atom is 0.264 e. The first-order valence-electron chi connectivity index (χ1n) is 8.48. The van der Waals surface area contributed by atoms with Crippen LogP contribution in [0.4, 0.5) is 0 Å². The second-order valence-electron chi connectivity index (χ2n) is 7.10. The van der Waals surface area contributed by atoms with Gasteiger partial charge in [0.1, 0.15) is 0 Å². The highest BCUT2D eigenvalue weighted by atomic mass is 32.2. The van der Waals surface area contributed by atoms with E-state index in [0.717, 1.165) is 12.1 Å². The van der Waals surface area contributed by atoms with Gasteiger partial charge in [-0.05, 0) is 61.1 Å². The van der Waals surface area contributed by atoms with Gasteiger partial charge in [0.05, 0.1) is 23.0 Å². The number of carbonyl (C=O) groups is 1. The average molecular weight is 358 g/mol. The molecule has 1 saturated carbocycles. The molecule has 3 fully saturated rings. The minimum atomic E-state index is -3.87. The molecule has 1 aromatic heterocycles. The summed E-state index contributed by atoms with van der Waals surface area (Å²) in [5.41, 5.74) is 0.858. The highest BCUT2D eigenvalue weighted by Crippen LogP contribution is 2.60. The van der Waals surface area contributed by atoms with Gasteiger partial charge in [-0.15, -0.1) is 0 Å². The van der Waals surface area contributed by atoms with Gasteiger partial charge < -0.3 is 9.30 Å². The molecule has 5 atom stereocenters. The highest BCUT2D eigenvalue weighted by molar-refractivity contribution is 7.90. The van der Waals surface area contributed by atoms with Crippen LogP contribution in [0.5, 0.6) is 0 Å². The van der Waals surface area contributed by atoms with Crippen molar-refractivity contribution in [3.8, 4) is 5.69 Å². The van der Waals surface area contributed by atoms with Gasteiger partial charge in [0.2, 0.25) is 5.91 Å². The van der Waals surface area contributed by atoms with Gasteiger partial charge in [0.15, 0.2) is 0 Å². The van der Waals surface area contributed by atoms with Crippen LogP contribution in [0.25, 0.3) is 5.69 Å². The third-order valence-electron chi connectivity index (χ3n) is 5.63. The number of nitrogens with zero attached hydrogens (tertiary/aromatic N) is 1. The van der Waals surface area contributed by atoms with Crippen molar-refractivity contribution in [1.82, 2.24) is 9.29 Å². The minimum absolute atomic E-state index is 0.0881. The largest absolute Gasteiger partial charge is 0.374 e. The second-order valence-corrected chi connectivity index (χ2v) is 8.78. The number of carbonyl (C=O) groups excluding carboxylic acids is 1. The predicted molar refractivity (Wildman–Crippen MR) is 89.5 cm³/mol. The number of sulfonamides is 1. The van der Waals surface area contributed by atoms with E-state index >= 15 is 0 Å². The molecule has 2 bridgehead atoms. The van der Waals surface area contributed by atoms with Gasteiger partial charge in [0.25, 0.3) is 10.0 Å². The lowest BCUT2D eigenvalue weighted by Crippen LogP contribution is -2.40. The molecule has 3 heterocycles. The van der Waals surface area contributed by atoms with Crippen LogP contribution in [0.2, 0.25) is 0 Å². The lowest BCUT2D eigenvalue weighted by atomic mass is 9.89. The zero-order chi connectivity index (χ0) is 17.2. The molecular weight excluding hydrogens is 340 g/mol. The van der Waals surface area contributed by atoms with Crippen molar-refractivity contribution in [2.45, 2.75) is 29.9 Å². The van der Waals surface area contributed by atoms with Crippen molar-refractivity contribution in [2.75, 3.05) is 0 Å². The van der Waals surface area contributed by atoms with Crippen LogP contribution in [0.1, 0.15) is 12.8 Å². The maximum absolute atomic E-state index is 12.5. The van der Waals surface area contributed by atoms with Crippen molar-refractivity contribution < 1.29 is 17.9 Å². The molecule has 25 heavy (non-hydrogen) atoms. The number of nitrogens with one attached hydrogen (secondary N) is 1. The molecule has 0 unspecified atom stereocenters. The van der Waals surface area contributed by atoms with Crippen LogP contribution in [-0.2, 0) is 19.6 Å². The van der Waals surface area contributed by atoms with Gasteiger partial charge >= 0.3 is 0 Å². The van der Waals surface area contributed by atoms with Gasteiger partial charge in [-0.1, -0.05) is 0 Å². The molecule has 6 nitrogen and oxygen atoms in total. The van der Waals surface area contributed by atoms with E-state index in [2.05, 4.69) is 4.72 Å². The zero-order valence-corrected chi connectivity index (χ0v) is 14.2. The Kier molecular flexibility index (Phi) is 3.15. The summed E-state index contributed by atoms with van der Waals surface area (Å²) in [5, 5.41) is 0. The fourth-order valence-corrected chi connectivity index (χ4v) is 5.31. The Hall–Kier alpha value is -2.12. The predicted octanol–water partition coefficient (Wildman–Crippen LogP) is 1.71. The average Bonchev–Trinajstić information content (AvgIpc) is 2.99. The number of hydrogen-bond acceptors (Lipinski definition) is 4. The van der Waals surface area contributed by atoms with E-state index in [-0.39, 0.29) is 23.0 Å². The van der Waals surface area contributed by atoms with Crippen LogP contribution in [0, 0.1) is 17.8 Å². The molecule has 5 rings (SSSR count). The molecule has 1 aromatic carbocycles. The lowest BCUT2D eigenvalue weighted by Gasteiger charge is -2.18. The Balaban J connectivity index is 1.32. The van der Waals surface area contributed by atoms with Crippen LogP contribution in [0.3, 0.4) is 0 Å². The van der Waals surface area contributed by atoms with Gasteiger partial charge in [-0.25, -0.2) is 13.1 Å². The first kappa shape index (κ1) is 15.2. The smallest absolute Gasteiger partial charge is 0.264 e. The van der Waals surface area contributed by atoms with Crippen molar-refractivity contribution in [1.29, 1.82) is 0 Å². The van der Waals surface area contributed by atoms with E-state index < -0.39 is 15.9 Å². The van der Waals surface area contributed by atoms with Crippen LogP contribution < -0.4 is 4.72 Å². The molecule has 7 heteroatoms. The molecular formula is C18H18N2O4S. The molecule has 1 N–H and O–H groups in total. The number of hydrogen-bond donors (Lipinski definition) is 1. The Morgan fingerprint density at radius 1 is 1.08 bits per heavy atom. The van der Waals surface area contributed by atoms with Crippen molar-refractivity contribution in [3.63, 3.8) is 0 Å². The van der Waals surface area contributed by atoms with E-state index in [1.165, 1.54) is 12.1 Å². The molecule has 0 radical (unpaired) electrons. The topological polar surface area (TPSA) is 77.4 Å². The van der Waals surface area contributed by atoms with E-state index in [9.17, 15) is 13.2 Å². The van der Waals surface area contributed by atoms with E-state index in [4.69, 9.17) is 4.74 Å². The monoisotopic (exact) mass is 358 g/mol. The standard InChI is InChI=1S/C18H18N2O4S/c21-18(15-10-16-13-9-14(13)17(15)24-16)19-25(22,23)12-5-3-11(4-6-12)20-7-1-2-8-20/h1-8,13-17H,9-10H2,(H,19,21)/t13-,14+,15-,16+,17+/m1/s1. The number of fused-ring (bicyclic) bond motifs is 5. The third-order valence-corrected chi connectivity index (χ3v) is 6.99. The molecule has 1 amide bonds. The van der Waals surface area contributed by atoms with E-state index in [0.29, 0.717) is 18.3 Å². The first-order valence-corrected chi connectivity index (χ1v) is 9.97. The summed E-state index contributed by atoms with van der Waals surface area (Å²) in [4.78, 5) is 12.6. The number of ether oxygens (including phenoxy) is 1. The van der Waals surface area contributed by atoms with E-state index in [1.54, 1.807) is 12.1 Å². The van der Waals surface area contributed by atoms with Gasteiger partial charge in [-0.2, -0.15) is 0 Å². The van der Waals surface area contributed by atoms with E-state index in [1.807, 2.05) is 29.1 Å². The van der Waals surface area contributed by atoms with Crippen LogP contribution >= 0.6 is 0 Å². The summed E-state index contributed by atoms with van der Waals surface area (Å²) in [6.07, 6.45) is 5.57. The highest BCUT2D eigenvalue weighted by Gasteiger charge is 2.64. The summed E-state index contributed by atoms with van der Waals surface area (Å²) in [7, 11) is -3.87. The Morgan fingerprint density at radius 2 is 1.80 bits per heavy atom. The molecule has 2 aromatic rings. The molecule has 2 aliphatic heterocycles. The van der Waals surface area contributed by atoms with Crippen molar-refractivity contribution in [3.05, 3.63) is 48.8 Å². The molecule has 3 aliphatic rings. The second kappa shape index (κ2) is 5.19. The van der Waals surface area contributed by atoms with Crippen LogP contribution in [0.15, 0.2) is 53.7 Å². The summed E-state index contributed by atoms with van der Waals surface area (Å²) >= 11 is 0. The minimum Gasteiger partial charge on any atom is -0.374 e. The fraction of sp³-hybridized carbons (Fsp3) is 0.389. The number of benzene rings is 1. The summed E-state index contributed by atoms with van der Waals surface area (Å²) < 4.78 is 34.9. The Morgan fingerprint density at radius 3 is 2.44 bits per heavy atom. The van der Waals surface area contributed by atoms with Gasteiger partial charge in [0, 0.05) is 18.1 Å². The summed E-state index contributed by atoms with van der Waals surface area (Å²) in [6, 6.07) is 10.3. The zero-order valence-electron chi connectivity index (χ0n) is 13.4. The maximum atomic E-state index is 12.5. The molecule has 130 valence electrons. The molecule has 2 saturated heterocycles. The van der Waals surface area contributed by atoms with Crippen molar-refractivity contribution in [2.24, 2.45) is 17.8 Å². The number of rotatable bonds is 4. The molecule has 1 aliphatic carbocycles. The fourth-order valence-electron chi connectivity index (χ4n) is 4.28. The molecule has 0 spiro atoms. The summed E-state index contributed by atoms with van der Waals surface area (Å²) in [6.45, 7) is 0. The Labute approximate surface area is 145 Å². The lowest BCUT2D eigenvalue weighted by molar-refractivity contribution is -0.125. The Bertz CT molecular complexity index is 920. The third kappa shape index (κ3) is 2.41. The number of aromatic nitrogens is 1. The van der Waals surface area contributed by atoms with Crippen molar-refractivity contribution >= 4 is 15.9 Å². The first-order chi connectivity index (χ1) is 12.0.